The minimum Gasteiger partial charge on any atom is -0.382 e. The number of rotatable bonds is 5. The molecule has 1 fully saturated rings. The zero-order chi connectivity index (χ0) is 15.0. The molecule has 2 N–H and O–H groups in total. The van der Waals surface area contributed by atoms with Gasteiger partial charge >= 0.3 is 0 Å². The number of methoxy groups -OCH3 is 1. The van der Waals surface area contributed by atoms with Crippen molar-refractivity contribution < 1.29 is 13.2 Å². The van der Waals surface area contributed by atoms with Gasteiger partial charge in [0.15, 0.2) is 0 Å². The Morgan fingerprint density at radius 3 is 2.30 bits per heavy atom. The maximum Gasteiger partial charge on any atom is 0.240 e. The summed E-state index contributed by atoms with van der Waals surface area (Å²) in [7, 11) is -0.226. The van der Waals surface area contributed by atoms with Crippen LogP contribution in [0.2, 0.25) is 0 Å². The standard InChI is InChI=1S/C14H22N2O3S/c1-14(2)12(9-13(14)19-4)16-10-5-7-11(8-6-10)20(17,18)15-3/h5-8,12-13,15-16H,9H2,1-4H3. The average Bonchev–Trinajstić information content (AvgIpc) is 2.43. The first kappa shape index (κ1) is 15.3. The summed E-state index contributed by atoms with van der Waals surface area (Å²) < 4.78 is 31.0. The zero-order valence-corrected chi connectivity index (χ0v) is 13.1. The second-order valence-electron chi connectivity index (χ2n) is 5.71. The molecular formula is C14H22N2O3S. The van der Waals surface area contributed by atoms with Crippen molar-refractivity contribution in [3.05, 3.63) is 24.3 Å². The van der Waals surface area contributed by atoms with E-state index in [0.29, 0.717) is 6.04 Å². The van der Waals surface area contributed by atoms with E-state index < -0.39 is 10.0 Å². The Morgan fingerprint density at radius 1 is 1.25 bits per heavy atom. The van der Waals surface area contributed by atoms with Gasteiger partial charge in [-0.05, 0) is 37.7 Å². The van der Waals surface area contributed by atoms with Crippen molar-refractivity contribution in [2.45, 2.75) is 37.3 Å². The Labute approximate surface area is 120 Å². The van der Waals surface area contributed by atoms with E-state index in [2.05, 4.69) is 23.9 Å². The maximum atomic E-state index is 11.6. The Bertz CT molecular complexity index is 567. The summed E-state index contributed by atoms with van der Waals surface area (Å²) >= 11 is 0. The molecule has 1 aromatic carbocycles. The Balaban J connectivity index is 2.06. The molecule has 0 saturated heterocycles. The molecule has 1 aliphatic rings. The Morgan fingerprint density at radius 2 is 1.85 bits per heavy atom. The molecule has 0 spiro atoms. The molecule has 0 radical (unpaired) electrons. The van der Waals surface area contributed by atoms with Crippen LogP contribution >= 0.6 is 0 Å². The molecule has 2 atom stereocenters. The summed E-state index contributed by atoms with van der Waals surface area (Å²) in [5, 5.41) is 3.43. The molecule has 6 heteroatoms. The van der Waals surface area contributed by atoms with Gasteiger partial charge in [-0.15, -0.1) is 0 Å². The van der Waals surface area contributed by atoms with Gasteiger partial charge in [-0.2, -0.15) is 0 Å². The number of nitrogens with one attached hydrogen (secondary N) is 2. The molecule has 1 aromatic rings. The fraction of sp³-hybridized carbons (Fsp3) is 0.571. The minimum atomic E-state index is -3.37. The van der Waals surface area contributed by atoms with Gasteiger partial charge in [0, 0.05) is 24.3 Å². The number of benzene rings is 1. The van der Waals surface area contributed by atoms with E-state index in [9.17, 15) is 8.42 Å². The minimum absolute atomic E-state index is 0.0739. The predicted molar refractivity (Wildman–Crippen MR) is 79.3 cm³/mol. The van der Waals surface area contributed by atoms with E-state index in [1.807, 2.05) is 0 Å². The fourth-order valence-electron chi connectivity index (χ4n) is 2.58. The first-order valence-electron chi connectivity index (χ1n) is 6.64. The number of sulfonamides is 1. The molecule has 112 valence electrons. The highest BCUT2D eigenvalue weighted by molar-refractivity contribution is 7.89. The molecule has 0 aromatic heterocycles. The fourth-order valence-corrected chi connectivity index (χ4v) is 3.31. The van der Waals surface area contributed by atoms with Crippen LogP contribution < -0.4 is 10.0 Å². The highest BCUT2D eigenvalue weighted by atomic mass is 32.2. The van der Waals surface area contributed by atoms with E-state index in [-0.39, 0.29) is 16.4 Å². The quantitative estimate of drug-likeness (QED) is 0.870. The van der Waals surface area contributed by atoms with Crippen LogP contribution in [0.15, 0.2) is 29.2 Å². The predicted octanol–water partition coefficient (Wildman–Crippen LogP) is 1.82. The molecule has 20 heavy (non-hydrogen) atoms. The van der Waals surface area contributed by atoms with Crippen molar-refractivity contribution in [3.63, 3.8) is 0 Å². The third-order valence-corrected chi connectivity index (χ3v) is 5.67. The SMILES string of the molecule is CNS(=O)(=O)c1ccc(NC2CC(OC)C2(C)C)cc1. The van der Waals surface area contributed by atoms with Gasteiger partial charge in [-0.3, -0.25) is 0 Å². The molecule has 0 amide bonds. The molecule has 0 aliphatic heterocycles. The smallest absolute Gasteiger partial charge is 0.240 e. The molecule has 1 aliphatic carbocycles. The molecule has 5 nitrogen and oxygen atoms in total. The van der Waals surface area contributed by atoms with E-state index >= 15 is 0 Å². The Kier molecular flexibility index (Phi) is 4.09. The van der Waals surface area contributed by atoms with Crippen LogP contribution in [0, 0.1) is 5.41 Å². The largest absolute Gasteiger partial charge is 0.382 e. The van der Waals surface area contributed by atoms with Gasteiger partial charge in [0.1, 0.15) is 0 Å². The molecule has 0 bridgehead atoms. The molecule has 2 unspecified atom stereocenters. The van der Waals surface area contributed by atoms with Crippen LogP contribution in [-0.2, 0) is 14.8 Å². The molecule has 0 heterocycles. The number of hydrogen-bond donors (Lipinski definition) is 2. The van der Waals surface area contributed by atoms with Crippen LogP contribution in [0.1, 0.15) is 20.3 Å². The first-order chi connectivity index (χ1) is 9.31. The number of anilines is 1. The lowest BCUT2D eigenvalue weighted by Crippen LogP contribution is -2.57. The van der Waals surface area contributed by atoms with Crippen molar-refractivity contribution >= 4 is 15.7 Å². The van der Waals surface area contributed by atoms with Gasteiger partial charge in [0.25, 0.3) is 0 Å². The lowest BCUT2D eigenvalue weighted by molar-refractivity contribution is -0.0794. The van der Waals surface area contributed by atoms with Gasteiger partial charge in [-0.1, -0.05) is 13.8 Å². The van der Waals surface area contributed by atoms with E-state index in [1.165, 1.54) is 7.05 Å². The van der Waals surface area contributed by atoms with Gasteiger partial charge in [0.2, 0.25) is 10.0 Å². The first-order valence-corrected chi connectivity index (χ1v) is 8.12. The summed E-state index contributed by atoms with van der Waals surface area (Å²) in [5.41, 5.74) is 0.998. The summed E-state index contributed by atoms with van der Waals surface area (Å²) in [6, 6.07) is 7.13. The number of hydrogen-bond acceptors (Lipinski definition) is 4. The van der Waals surface area contributed by atoms with Crippen LogP contribution in [0.5, 0.6) is 0 Å². The van der Waals surface area contributed by atoms with Crippen LogP contribution in [0.25, 0.3) is 0 Å². The second-order valence-corrected chi connectivity index (χ2v) is 7.60. The van der Waals surface area contributed by atoms with Gasteiger partial charge < -0.3 is 10.1 Å². The topological polar surface area (TPSA) is 67.4 Å². The molecule has 2 rings (SSSR count). The normalized spacial score (nSPS) is 25.0. The van der Waals surface area contributed by atoms with Crippen molar-refractivity contribution in [2.24, 2.45) is 5.41 Å². The molecular weight excluding hydrogens is 276 g/mol. The lowest BCUT2D eigenvalue weighted by Gasteiger charge is -2.51. The summed E-state index contributed by atoms with van der Waals surface area (Å²) in [6.07, 6.45) is 1.23. The average molecular weight is 298 g/mol. The van der Waals surface area contributed by atoms with Crippen molar-refractivity contribution in [1.82, 2.24) is 4.72 Å². The third kappa shape index (κ3) is 2.68. The van der Waals surface area contributed by atoms with Crippen LogP contribution in [0.3, 0.4) is 0 Å². The van der Waals surface area contributed by atoms with E-state index in [4.69, 9.17) is 4.74 Å². The zero-order valence-electron chi connectivity index (χ0n) is 12.3. The Hall–Kier alpha value is -1.11. The second kappa shape index (κ2) is 5.35. The monoisotopic (exact) mass is 298 g/mol. The van der Waals surface area contributed by atoms with Crippen molar-refractivity contribution in [1.29, 1.82) is 0 Å². The van der Waals surface area contributed by atoms with Crippen LogP contribution in [-0.4, -0.2) is 34.7 Å². The third-order valence-electron chi connectivity index (χ3n) is 4.24. The summed E-state index contributed by atoms with van der Waals surface area (Å²) in [5.74, 6) is 0. The highest BCUT2D eigenvalue weighted by Gasteiger charge is 2.48. The van der Waals surface area contributed by atoms with E-state index in [1.54, 1.807) is 31.4 Å². The lowest BCUT2D eigenvalue weighted by atomic mass is 9.64. The van der Waals surface area contributed by atoms with Gasteiger partial charge in [-0.25, -0.2) is 13.1 Å². The maximum absolute atomic E-state index is 11.6. The summed E-state index contributed by atoms with van der Waals surface area (Å²) in [6.45, 7) is 4.34. The number of ether oxygens (including phenoxy) is 1. The van der Waals surface area contributed by atoms with Crippen LogP contribution in [0.4, 0.5) is 5.69 Å². The van der Waals surface area contributed by atoms with Crippen molar-refractivity contribution in [3.8, 4) is 0 Å². The highest BCUT2D eigenvalue weighted by Crippen LogP contribution is 2.44. The van der Waals surface area contributed by atoms with E-state index in [0.717, 1.165) is 12.1 Å². The summed E-state index contributed by atoms with van der Waals surface area (Å²) in [4.78, 5) is 0.271. The van der Waals surface area contributed by atoms with Crippen molar-refractivity contribution in [2.75, 3.05) is 19.5 Å². The van der Waals surface area contributed by atoms with Gasteiger partial charge in [0.05, 0.1) is 11.0 Å². The molecule has 1 saturated carbocycles.